The van der Waals surface area contributed by atoms with Gasteiger partial charge >= 0.3 is 5.97 Å². The number of sulfonamides is 1. The highest BCUT2D eigenvalue weighted by molar-refractivity contribution is 7.92. The Hall–Kier alpha value is -3.56. The van der Waals surface area contributed by atoms with E-state index in [0.717, 1.165) is 5.56 Å². The van der Waals surface area contributed by atoms with E-state index in [4.69, 9.17) is 21.1 Å². The van der Waals surface area contributed by atoms with E-state index in [1.807, 2.05) is 6.92 Å². The van der Waals surface area contributed by atoms with Crippen LogP contribution in [0.5, 0.6) is 5.75 Å². The first-order chi connectivity index (χ1) is 16.7. The zero-order valence-corrected chi connectivity index (χ0v) is 20.6. The van der Waals surface area contributed by atoms with E-state index in [2.05, 4.69) is 5.32 Å². The average molecular weight is 515 g/mol. The molecule has 3 aromatic rings. The summed E-state index contributed by atoms with van der Waals surface area (Å²) in [4.78, 5) is 25.4. The lowest BCUT2D eigenvalue weighted by Gasteiger charge is -2.34. The number of ether oxygens (including phenoxy) is 2. The van der Waals surface area contributed by atoms with E-state index >= 15 is 0 Å². The van der Waals surface area contributed by atoms with Crippen molar-refractivity contribution in [3.8, 4) is 5.75 Å². The maximum absolute atomic E-state index is 13.5. The summed E-state index contributed by atoms with van der Waals surface area (Å²) < 4.78 is 39.0. The third-order valence-electron chi connectivity index (χ3n) is 5.37. The topological polar surface area (TPSA) is 102 Å². The van der Waals surface area contributed by atoms with Crippen LogP contribution >= 0.6 is 11.6 Å². The molecule has 0 saturated heterocycles. The first kappa shape index (κ1) is 24.6. The van der Waals surface area contributed by atoms with Crippen molar-refractivity contribution in [1.29, 1.82) is 0 Å². The molecule has 1 aliphatic rings. The van der Waals surface area contributed by atoms with Crippen molar-refractivity contribution in [3.63, 3.8) is 0 Å². The van der Waals surface area contributed by atoms with Crippen LogP contribution in [0.2, 0.25) is 5.02 Å². The van der Waals surface area contributed by atoms with Crippen LogP contribution in [0, 0.1) is 6.92 Å². The van der Waals surface area contributed by atoms with E-state index in [1.54, 1.807) is 43.3 Å². The SMILES string of the molecule is CCOC(=O)c1cc(NC(=O)[C@H]2CN(S(=O)(=O)c3ccc(C)cc3)c3ccccc3O2)ccc1Cl. The Morgan fingerprint density at radius 3 is 2.54 bits per heavy atom. The molecular weight excluding hydrogens is 492 g/mol. The number of carbonyl (C=O) groups is 2. The Morgan fingerprint density at radius 1 is 1.11 bits per heavy atom. The first-order valence-electron chi connectivity index (χ1n) is 10.8. The fraction of sp³-hybridized carbons (Fsp3) is 0.200. The summed E-state index contributed by atoms with van der Waals surface area (Å²) in [6.07, 6.45) is -1.15. The molecule has 1 amide bonds. The van der Waals surface area contributed by atoms with Crippen molar-refractivity contribution in [2.75, 3.05) is 22.8 Å². The van der Waals surface area contributed by atoms with Crippen LogP contribution in [0.1, 0.15) is 22.8 Å². The van der Waals surface area contributed by atoms with Gasteiger partial charge in [-0.25, -0.2) is 13.2 Å². The fourth-order valence-electron chi connectivity index (χ4n) is 3.59. The Labute approximate surface area is 208 Å². The predicted molar refractivity (Wildman–Crippen MR) is 133 cm³/mol. The molecule has 1 atom stereocenters. The molecule has 0 aliphatic carbocycles. The van der Waals surface area contributed by atoms with Crippen molar-refractivity contribution in [3.05, 3.63) is 82.9 Å². The number of benzene rings is 3. The number of nitrogens with one attached hydrogen (secondary N) is 1. The number of hydrogen-bond acceptors (Lipinski definition) is 6. The minimum Gasteiger partial charge on any atom is -0.476 e. The van der Waals surface area contributed by atoms with E-state index in [9.17, 15) is 18.0 Å². The summed E-state index contributed by atoms with van der Waals surface area (Å²) in [6.45, 7) is 3.47. The van der Waals surface area contributed by atoms with Gasteiger partial charge in [0.25, 0.3) is 15.9 Å². The molecule has 1 aliphatic heterocycles. The van der Waals surface area contributed by atoms with Gasteiger partial charge in [0.2, 0.25) is 0 Å². The van der Waals surface area contributed by atoms with Gasteiger partial charge in [-0.15, -0.1) is 0 Å². The van der Waals surface area contributed by atoms with E-state index in [0.29, 0.717) is 5.69 Å². The summed E-state index contributed by atoms with van der Waals surface area (Å²) in [5.74, 6) is -0.939. The maximum atomic E-state index is 13.5. The Bertz CT molecular complexity index is 1370. The van der Waals surface area contributed by atoms with Gasteiger partial charge in [-0.1, -0.05) is 41.4 Å². The monoisotopic (exact) mass is 514 g/mol. The van der Waals surface area contributed by atoms with Crippen molar-refractivity contribution in [2.24, 2.45) is 0 Å². The smallest absolute Gasteiger partial charge is 0.339 e. The van der Waals surface area contributed by atoms with Gasteiger partial charge in [0, 0.05) is 5.69 Å². The van der Waals surface area contributed by atoms with Gasteiger partial charge in [-0.2, -0.15) is 0 Å². The molecule has 1 heterocycles. The standard InChI is InChI=1S/C25H23ClN2O6S/c1-3-33-25(30)19-14-17(10-13-20(19)26)27-24(29)23-15-28(21-6-4-5-7-22(21)34-23)35(31,32)18-11-8-16(2)9-12-18/h4-14,23H,3,15H2,1-2H3,(H,27,29)/t23-/m1/s1. The summed E-state index contributed by atoms with van der Waals surface area (Å²) in [6, 6.07) is 17.5. The van der Waals surface area contributed by atoms with Crippen LogP contribution in [-0.4, -0.2) is 39.5 Å². The average Bonchev–Trinajstić information content (AvgIpc) is 2.84. The molecule has 0 aromatic heterocycles. The van der Waals surface area contributed by atoms with Gasteiger partial charge in [-0.3, -0.25) is 9.10 Å². The maximum Gasteiger partial charge on any atom is 0.339 e. The van der Waals surface area contributed by atoms with Crippen molar-refractivity contribution < 1.29 is 27.5 Å². The Kier molecular flexibility index (Phi) is 7.00. The number of esters is 1. The second kappa shape index (κ2) is 9.97. The first-order valence-corrected chi connectivity index (χ1v) is 12.6. The molecule has 10 heteroatoms. The lowest BCUT2D eigenvalue weighted by Crippen LogP contribution is -2.48. The normalized spacial score (nSPS) is 15.1. The van der Waals surface area contributed by atoms with Crippen LogP contribution in [0.25, 0.3) is 0 Å². The molecule has 0 bridgehead atoms. The quantitative estimate of drug-likeness (QED) is 0.488. The zero-order chi connectivity index (χ0) is 25.2. The fourth-order valence-corrected chi connectivity index (χ4v) is 5.27. The number of amides is 1. The second-order valence-corrected chi connectivity index (χ2v) is 10.1. The summed E-state index contributed by atoms with van der Waals surface area (Å²) in [7, 11) is -3.97. The number of rotatable bonds is 6. The molecular formula is C25H23ClN2O6S. The molecule has 0 saturated carbocycles. The highest BCUT2D eigenvalue weighted by atomic mass is 35.5. The van der Waals surface area contributed by atoms with E-state index < -0.39 is 28.0 Å². The summed E-state index contributed by atoms with van der Waals surface area (Å²) in [5.41, 5.74) is 1.66. The van der Waals surface area contributed by atoms with Gasteiger partial charge in [0.15, 0.2) is 6.10 Å². The largest absolute Gasteiger partial charge is 0.476 e. The van der Waals surface area contributed by atoms with Crippen molar-refractivity contribution in [1.82, 2.24) is 0 Å². The highest BCUT2D eigenvalue weighted by Gasteiger charge is 2.37. The number of fused-ring (bicyclic) bond motifs is 1. The zero-order valence-electron chi connectivity index (χ0n) is 19.0. The molecule has 0 spiro atoms. The molecule has 0 radical (unpaired) electrons. The summed E-state index contributed by atoms with van der Waals surface area (Å²) in [5, 5.41) is 2.85. The number of carbonyl (C=O) groups excluding carboxylic acids is 2. The van der Waals surface area contributed by atoms with Crippen molar-refractivity contribution >= 4 is 44.9 Å². The number of halogens is 1. The van der Waals surface area contributed by atoms with Crippen LogP contribution in [-0.2, 0) is 19.6 Å². The molecule has 8 nitrogen and oxygen atoms in total. The Balaban J connectivity index is 1.62. The number of hydrogen-bond donors (Lipinski definition) is 1. The molecule has 4 rings (SSSR count). The van der Waals surface area contributed by atoms with Gasteiger partial charge in [0.05, 0.1) is 34.3 Å². The molecule has 3 aromatic carbocycles. The lowest BCUT2D eigenvalue weighted by atomic mass is 10.2. The third kappa shape index (κ3) is 5.11. The van der Waals surface area contributed by atoms with E-state index in [1.165, 1.54) is 34.6 Å². The third-order valence-corrected chi connectivity index (χ3v) is 7.49. The van der Waals surface area contributed by atoms with Gasteiger partial charge in [0.1, 0.15) is 5.75 Å². The number of aryl methyl sites for hydroxylation is 1. The number of para-hydroxylation sites is 2. The highest BCUT2D eigenvalue weighted by Crippen LogP contribution is 2.37. The minimum atomic E-state index is -3.97. The van der Waals surface area contributed by atoms with Gasteiger partial charge < -0.3 is 14.8 Å². The number of anilines is 2. The lowest BCUT2D eigenvalue weighted by molar-refractivity contribution is -0.122. The van der Waals surface area contributed by atoms with Crippen LogP contribution in [0.15, 0.2) is 71.6 Å². The van der Waals surface area contributed by atoms with Gasteiger partial charge in [-0.05, 0) is 56.3 Å². The second-order valence-electron chi connectivity index (χ2n) is 7.83. The van der Waals surface area contributed by atoms with Crippen LogP contribution in [0.4, 0.5) is 11.4 Å². The van der Waals surface area contributed by atoms with Crippen LogP contribution < -0.4 is 14.4 Å². The Morgan fingerprint density at radius 2 is 1.83 bits per heavy atom. The van der Waals surface area contributed by atoms with Crippen molar-refractivity contribution in [2.45, 2.75) is 24.8 Å². The molecule has 182 valence electrons. The molecule has 35 heavy (non-hydrogen) atoms. The predicted octanol–water partition coefficient (Wildman–Crippen LogP) is 4.42. The van der Waals surface area contributed by atoms with E-state index in [-0.39, 0.29) is 40.1 Å². The molecule has 0 unspecified atom stereocenters. The van der Waals surface area contributed by atoms with Crippen LogP contribution in [0.3, 0.4) is 0 Å². The summed E-state index contributed by atoms with van der Waals surface area (Å²) >= 11 is 6.09. The number of nitrogens with zero attached hydrogens (tertiary/aromatic N) is 1. The minimum absolute atomic E-state index is 0.102. The molecule has 0 fully saturated rings. The molecule has 1 N–H and O–H groups in total.